The van der Waals surface area contributed by atoms with Crippen molar-refractivity contribution >= 4 is 22.5 Å². The molecule has 1 saturated heterocycles. The molecule has 4 aromatic rings. The van der Waals surface area contributed by atoms with E-state index in [9.17, 15) is 9.90 Å². The summed E-state index contributed by atoms with van der Waals surface area (Å²) >= 11 is 0. The van der Waals surface area contributed by atoms with Crippen LogP contribution in [0.4, 0.5) is 5.69 Å². The molecular formula is C25H24N6O2. The van der Waals surface area contributed by atoms with Crippen LogP contribution in [0.15, 0.2) is 83.5 Å². The quantitative estimate of drug-likeness (QED) is 0.428. The number of rotatable bonds is 5. The average molecular weight is 441 g/mol. The minimum atomic E-state index is -0.485. The maximum Gasteiger partial charge on any atom is 0.295 e. The highest BCUT2D eigenvalue weighted by Crippen LogP contribution is 2.40. The number of amides is 1. The van der Waals surface area contributed by atoms with Crippen LogP contribution < -0.4 is 0 Å². The van der Waals surface area contributed by atoms with Crippen molar-refractivity contribution in [2.75, 3.05) is 6.54 Å². The Morgan fingerprint density at radius 1 is 1.03 bits per heavy atom. The van der Waals surface area contributed by atoms with Gasteiger partial charge in [0.15, 0.2) is 5.69 Å². The van der Waals surface area contributed by atoms with E-state index in [1.54, 1.807) is 18.3 Å². The van der Waals surface area contributed by atoms with E-state index in [0.29, 0.717) is 17.9 Å². The van der Waals surface area contributed by atoms with Crippen molar-refractivity contribution in [2.24, 2.45) is 10.2 Å². The monoisotopic (exact) mass is 440 g/mol. The number of hydrogen-bond acceptors (Lipinski definition) is 6. The molecule has 3 aromatic heterocycles. The fraction of sp³-hybridized carbons (Fsp3) is 0.240. The van der Waals surface area contributed by atoms with Crippen LogP contribution in [0.2, 0.25) is 0 Å². The molecule has 1 fully saturated rings. The molecule has 0 spiro atoms. The average Bonchev–Trinajstić information content (AvgIpc) is 3.14. The van der Waals surface area contributed by atoms with Crippen LogP contribution in [0.1, 0.15) is 41.2 Å². The van der Waals surface area contributed by atoms with Gasteiger partial charge in [-0.3, -0.25) is 24.2 Å². The Labute approximate surface area is 191 Å². The Balaban J connectivity index is 1.48. The summed E-state index contributed by atoms with van der Waals surface area (Å²) in [6, 6.07) is 15.1. The summed E-state index contributed by atoms with van der Waals surface area (Å²) in [4.78, 5) is 23.0. The Morgan fingerprint density at radius 3 is 2.70 bits per heavy atom. The molecule has 1 aliphatic heterocycles. The first kappa shape index (κ1) is 21.0. The number of aromatic nitrogens is 3. The lowest BCUT2D eigenvalue weighted by molar-refractivity contribution is 0.0995. The molecule has 1 aromatic carbocycles. The van der Waals surface area contributed by atoms with Gasteiger partial charge < -0.3 is 5.11 Å². The summed E-state index contributed by atoms with van der Waals surface area (Å²) in [5.41, 5.74) is 2.71. The van der Waals surface area contributed by atoms with E-state index in [2.05, 4.69) is 31.2 Å². The van der Waals surface area contributed by atoms with Gasteiger partial charge >= 0.3 is 0 Å². The number of fused-ring (bicyclic) bond motifs is 1. The van der Waals surface area contributed by atoms with E-state index in [4.69, 9.17) is 0 Å². The van der Waals surface area contributed by atoms with Crippen molar-refractivity contribution in [1.29, 1.82) is 0 Å². The number of carbonyl (C=O) groups excluding carboxylic acids is 1. The van der Waals surface area contributed by atoms with Gasteiger partial charge in [-0.2, -0.15) is 0 Å². The van der Waals surface area contributed by atoms with Gasteiger partial charge in [-0.25, -0.2) is 0 Å². The van der Waals surface area contributed by atoms with Crippen molar-refractivity contribution in [2.45, 2.75) is 32.0 Å². The van der Waals surface area contributed by atoms with Crippen LogP contribution in [-0.2, 0) is 6.67 Å². The van der Waals surface area contributed by atoms with Gasteiger partial charge in [-0.05, 0) is 42.7 Å². The summed E-state index contributed by atoms with van der Waals surface area (Å²) < 4.78 is 1.84. The molecule has 0 aliphatic carbocycles. The number of likely N-dealkylation sites (tertiary alicyclic amines) is 1. The fourth-order valence-electron chi connectivity index (χ4n) is 4.45. The lowest BCUT2D eigenvalue weighted by Crippen LogP contribution is -2.34. The van der Waals surface area contributed by atoms with Gasteiger partial charge in [-0.15, -0.1) is 10.2 Å². The number of azo groups is 1. The molecule has 0 saturated carbocycles. The SMILES string of the molecule is O=C(N=Nc1c(O)n(CN2CCCC[C@@H]2c2cccnc2)c2ccccc12)c1ccncc1. The van der Waals surface area contributed by atoms with Crippen LogP contribution in [0, 0.1) is 0 Å². The Kier molecular flexibility index (Phi) is 5.91. The normalized spacial score (nSPS) is 17.0. The number of benzene rings is 1. The van der Waals surface area contributed by atoms with Crippen molar-refractivity contribution in [3.05, 3.63) is 84.4 Å². The van der Waals surface area contributed by atoms with Crippen molar-refractivity contribution in [3.8, 4) is 5.88 Å². The van der Waals surface area contributed by atoms with Gasteiger partial charge in [0, 0.05) is 48.3 Å². The van der Waals surface area contributed by atoms with Crippen molar-refractivity contribution in [3.63, 3.8) is 0 Å². The Hall–Kier alpha value is -3.91. The minimum Gasteiger partial charge on any atom is -0.493 e. The van der Waals surface area contributed by atoms with Gasteiger partial charge in [-0.1, -0.05) is 30.7 Å². The van der Waals surface area contributed by atoms with E-state index in [1.807, 2.05) is 41.1 Å². The van der Waals surface area contributed by atoms with E-state index in [1.165, 1.54) is 18.0 Å². The highest BCUT2D eigenvalue weighted by molar-refractivity contribution is 5.97. The van der Waals surface area contributed by atoms with Crippen molar-refractivity contribution < 1.29 is 9.90 Å². The predicted molar refractivity (Wildman–Crippen MR) is 124 cm³/mol. The first-order valence-electron chi connectivity index (χ1n) is 11.0. The number of pyridine rings is 2. The van der Waals surface area contributed by atoms with Crippen LogP contribution in [0.5, 0.6) is 5.88 Å². The lowest BCUT2D eigenvalue weighted by atomic mass is 9.97. The van der Waals surface area contributed by atoms with Gasteiger partial charge in [0.05, 0.1) is 12.2 Å². The standard InChI is InChI=1S/C25H24N6O2/c32-24(18-10-13-26-14-11-18)29-28-23-20-7-1-2-9-22(20)31(25(23)33)17-30-15-4-3-8-21(30)19-6-5-12-27-16-19/h1-2,5-7,9-14,16,21,33H,3-4,8,15,17H2/t21-/m1/s1. The van der Waals surface area contributed by atoms with Crippen LogP contribution in [0.25, 0.3) is 10.9 Å². The highest BCUT2D eigenvalue weighted by Gasteiger charge is 2.26. The van der Waals surface area contributed by atoms with Gasteiger partial charge in [0.2, 0.25) is 5.88 Å². The summed E-state index contributed by atoms with van der Waals surface area (Å²) in [5, 5.41) is 19.9. The van der Waals surface area contributed by atoms with Gasteiger partial charge in [0.1, 0.15) is 0 Å². The number of carbonyl (C=O) groups is 1. The molecule has 1 atom stereocenters. The second-order valence-corrected chi connectivity index (χ2v) is 8.11. The fourth-order valence-corrected chi connectivity index (χ4v) is 4.45. The molecule has 0 unspecified atom stereocenters. The lowest BCUT2D eigenvalue weighted by Gasteiger charge is -2.36. The number of aromatic hydroxyl groups is 1. The molecule has 8 heteroatoms. The molecule has 5 rings (SSSR count). The maximum atomic E-state index is 12.4. The molecule has 0 radical (unpaired) electrons. The third-order valence-electron chi connectivity index (χ3n) is 6.09. The molecule has 8 nitrogen and oxygen atoms in total. The third kappa shape index (κ3) is 4.25. The second-order valence-electron chi connectivity index (χ2n) is 8.11. The molecule has 1 aliphatic rings. The number of piperidine rings is 1. The Bertz CT molecular complexity index is 1290. The second kappa shape index (κ2) is 9.30. The zero-order valence-corrected chi connectivity index (χ0v) is 18.1. The molecule has 166 valence electrons. The van der Waals surface area contributed by atoms with E-state index in [-0.39, 0.29) is 11.9 Å². The number of hydrogen-bond donors (Lipinski definition) is 1. The van der Waals surface area contributed by atoms with Crippen LogP contribution >= 0.6 is 0 Å². The largest absolute Gasteiger partial charge is 0.493 e. The Morgan fingerprint density at radius 2 is 1.88 bits per heavy atom. The van der Waals surface area contributed by atoms with E-state index in [0.717, 1.165) is 36.7 Å². The van der Waals surface area contributed by atoms with E-state index >= 15 is 0 Å². The number of nitrogens with zero attached hydrogens (tertiary/aromatic N) is 6. The molecule has 0 bridgehead atoms. The zero-order valence-electron chi connectivity index (χ0n) is 18.1. The maximum absolute atomic E-state index is 12.4. The molecule has 33 heavy (non-hydrogen) atoms. The minimum absolute atomic E-state index is 0.00186. The summed E-state index contributed by atoms with van der Waals surface area (Å²) in [5.74, 6) is -0.487. The predicted octanol–water partition coefficient (Wildman–Crippen LogP) is 5.25. The molecule has 1 amide bonds. The summed E-state index contributed by atoms with van der Waals surface area (Å²) in [6.07, 6.45) is 10.1. The molecular weight excluding hydrogens is 416 g/mol. The van der Waals surface area contributed by atoms with Gasteiger partial charge in [0.25, 0.3) is 5.91 Å². The first-order chi connectivity index (χ1) is 16.2. The van der Waals surface area contributed by atoms with E-state index < -0.39 is 5.91 Å². The van der Waals surface area contributed by atoms with Crippen LogP contribution in [0.3, 0.4) is 0 Å². The van der Waals surface area contributed by atoms with Crippen LogP contribution in [-0.4, -0.2) is 37.0 Å². The third-order valence-corrected chi connectivity index (χ3v) is 6.09. The molecule has 1 N–H and O–H groups in total. The topological polar surface area (TPSA) is 96.0 Å². The molecule has 4 heterocycles. The zero-order chi connectivity index (χ0) is 22.6. The first-order valence-corrected chi connectivity index (χ1v) is 11.0. The van der Waals surface area contributed by atoms with Crippen molar-refractivity contribution in [1.82, 2.24) is 19.4 Å². The summed E-state index contributed by atoms with van der Waals surface area (Å²) in [7, 11) is 0. The summed E-state index contributed by atoms with van der Waals surface area (Å²) in [6.45, 7) is 1.42. The number of para-hydroxylation sites is 1. The highest BCUT2D eigenvalue weighted by atomic mass is 16.3. The smallest absolute Gasteiger partial charge is 0.295 e.